The van der Waals surface area contributed by atoms with E-state index < -0.39 is 26.6 Å². The molecule has 1 heterocycles. The highest BCUT2D eigenvalue weighted by Gasteiger charge is 2.27. The maximum Gasteiger partial charge on any atom is 0.241 e. The Morgan fingerprint density at radius 3 is 2.44 bits per heavy atom. The molecule has 0 spiro atoms. The van der Waals surface area contributed by atoms with E-state index in [1.54, 1.807) is 18.2 Å². The van der Waals surface area contributed by atoms with Crippen molar-refractivity contribution in [3.8, 4) is 10.6 Å². The molecule has 1 aromatic heterocycles. The first-order valence-electron chi connectivity index (χ1n) is 6.94. The summed E-state index contributed by atoms with van der Waals surface area (Å²) in [6.45, 7) is 0. The first kappa shape index (κ1) is 20.1. The molecule has 5 N–H and O–H groups in total. The molecular formula is C14H9ClF2IN5O2S2. The molecule has 3 rings (SSSR count). The molecule has 0 aliphatic carbocycles. The predicted molar refractivity (Wildman–Crippen MR) is 108 cm³/mol. The second-order valence-corrected chi connectivity index (χ2v) is 9.30. The van der Waals surface area contributed by atoms with Crippen molar-refractivity contribution in [2.24, 2.45) is 5.14 Å². The zero-order chi connectivity index (χ0) is 19.9. The fraction of sp³-hybridized carbons (Fsp3) is 0. The lowest BCUT2D eigenvalue weighted by Gasteiger charge is -2.15. The van der Waals surface area contributed by atoms with Crippen LogP contribution in [-0.2, 0) is 10.0 Å². The number of nitrogen functional groups attached to an aromatic ring is 1. The third kappa shape index (κ3) is 4.13. The minimum atomic E-state index is -4.52. The van der Waals surface area contributed by atoms with Crippen LogP contribution in [0, 0.1) is 15.2 Å². The Morgan fingerprint density at radius 2 is 1.89 bits per heavy atom. The number of anilines is 3. The highest BCUT2D eigenvalue weighted by Crippen LogP contribution is 2.39. The second kappa shape index (κ2) is 7.43. The van der Waals surface area contributed by atoms with E-state index in [9.17, 15) is 17.2 Å². The van der Waals surface area contributed by atoms with Crippen molar-refractivity contribution in [2.45, 2.75) is 4.90 Å². The van der Waals surface area contributed by atoms with Crippen LogP contribution in [0.1, 0.15) is 0 Å². The van der Waals surface area contributed by atoms with Gasteiger partial charge in [0.05, 0.1) is 11.4 Å². The van der Waals surface area contributed by atoms with Crippen molar-refractivity contribution in [1.29, 1.82) is 0 Å². The summed E-state index contributed by atoms with van der Waals surface area (Å²) in [6, 6.07) is 5.62. The first-order chi connectivity index (χ1) is 12.6. The van der Waals surface area contributed by atoms with E-state index in [1.165, 1.54) is 0 Å². The third-order valence-electron chi connectivity index (χ3n) is 3.34. The molecule has 7 nitrogen and oxygen atoms in total. The molecule has 3 aromatic rings. The Morgan fingerprint density at radius 1 is 1.19 bits per heavy atom. The predicted octanol–water partition coefficient (Wildman–Crippen LogP) is 3.71. The SMILES string of the molecule is Nc1nnc(-c2cc(S(N)(=O)=O)c(F)c(F)c2Nc2ccc(Cl)cc2I)s1. The monoisotopic (exact) mass is 543 g/mol. The molecule has 13 heteroatoms. The number of sulfonamides is 1. The molecule has 0 aliphatic rings. The summed E-state index contributed by atoms with van der Waals surface area (Å²) in [5.41, 5.74) is 5.57. The first-order valence-corrected chi connectivity index (χ1v) is 10.8. The van der Waals surface area contributed by atoms with Crippen molar-refractivity contribution in [3.05, 3.63) is 44.5 Å². The van der Waals surface area contributed by atoms with Gasteiger partial charge in [0.15, 0.2) is 16.6 Å². The number of benzene rings is 2. The van der Waals surface area contributed by atoms with Crippen LogP contribution in [0.2, 0.25) is 5.02 Å². The standard InChI is InChI=1S/C14H9ClF2IN5O2S2/c15-5-1-2-8(7(18)3-5)21-12-6(13-22-23-14(19)26-13)4-9(27(20,24)25)10(16)11(12)17/h1-4,21H,(H2,19,23)(H2,20,24,25). The van der Waals surface area contributed by atoms with E-state index in [-0.39, 0.29) is 21.4 Å². The Balaban J connectivity index is 2.27. The molecule has 142 valence electrons. The molecule has 27 heavy (non-hydrogen) atoms. The fourth-order valence-electron chi connectivity index (χ4n) is 2.17. The van der Waals surface area contributed by atoms with Gasteiger partial charge >= 0.3 is 0 Å². The summed E-state index contributed by atoms with van der Waals surface area (Å²) >= 11 is 8.73. The van der Waals surface area contributed by atoms with Gasteiger partial charge in [0, 0.05) is 14.2 Å². The van der Waals surface area contributed by atoms with E-state index in [2.05, 4.69) is 15.5 Å². The third-order valence-corrected chi connectivity index (χ3v) is 6.17. The average molecular weight is 544 g/mol. The molecule has 0 saturated heterocycles. The Bertz CT molecular complexity index is 1160. The summed E-state index contributed by atoms with van der Waals surface area (Å²) in [4.78, 5) is -1.000. The Kier molecular flexibility index (Phi) is 5.54. The number of hydrogen-bond acceptors (Lipinski definition) is 7. The van der Waals surface area contributed by atoms with Gasteiger partial charge < -0.3 is 11.1 Å². The van der Waals surface area contributed by atoms with Gasteiger partial charge in [-0.25, -0.2) is 22.3 Å². The minimum Gasteiger partial charge on any atom is -0.374 e. The number of nitrogens with one attached hydrogen (secondary N) is 1. The molecule has 0 saturated carbocycles. The number of aromatic nitrogens is 2. The molecule has 0 radical (unpaired) electrons. The molecule has 2 aromatic carbocycles. The summed E-state index contributed by atoms with van der Waals surface area (Å²) in [6.07, 6.45) is 0. The quantitative estimate of drug-likeness (QED) is 0.431. The highest BCUT2D eigenvalue weighted by molar-refractivity contribution is 14.1. The summed E-state index contributed by atoms with van der Waals surface area (Å²) in [7, 11) is -4.52. The molecule has 0 fully saturated rings. The summed E-state index contributed by atoms with van der Waals surface area (Å²) in [5.74, 6) is -3.04. The average Bonchev–Trinajstić information content (AvgIpc) is 2.99. The van der Waals surface area contributed by atoms with Crippen LogP contribution in [0.5, 0.6) is 0 Å². The summed E-state index contributed by atoms with van der Waals surface area (Å²) < 4.78 is 53.0. The number of rotatable bonds is 4. The minimum absolute atomic E-state index is 0.0575. The van der Waals surface area contributed by atoms with Gasteiger partial charge in [0.1, 0.15) is 4.90 Å². The molecule has 0 unspecified atom stereocenters. The highest BCUT2D eigenvalue weighted by atomic mass is 127. The van der Waals surface area contributed by atoms with Crippen molar-refractivity contribution in [3.63, 3.8) is 0 Å². The van der Waals surface area contributed by atoms with E-state index in [0.717, 1.165) is 17.4 Å². The van der Waals surface area contributed by atoms with E-state index in [1.807, 2.05) is 22.6 Å². The number of halogens is 4. The van der Waals surface area contributed by atoms with Crippen molar-refractivity contribution in [2.75, 3.05) is 11.1 Å². The topological polar surface area (TPSA) is 124 Å². The van der Waals surface area contributed by atoms with Crippen molar-refractivity contribution >= 4 is 72.1 Å². The fourth-order valence-corrected chi connectivity index (χ4v) is 4.43. The van der Waals surface area contributed by atoms with Crippen LogP contribution in [0.4, 0.5) is 25.3 Å². The van der Waals surface area contributed by atoms with Gasteiger partial charge in [0.25, 0.3) is 0 Å². The van der Waals surface area contributed by atoms with Crippen LogP contribution in [-0.4, -0.2) is 18.6 Å². The Hall–Kier alpha value is -1.61. The molecular weight excluding hydrogens is 535 g/mol. The number of primary sulfonamides is 1. The maximum atomic E-state index is 14.8. The number of nitrogens with two attached hydrogens (primary N) is 2. The summed E-state index contributed by atoms with van der Waals surface area (Å²) in [5, 5.41) is 15.7. The molecule has 0 amide bonds. The van der Waals surface area contributed by atoms with E-state index in [0.29, 0.717) is 14.3 Å². The smallest absolute Gasteiger partial charge is 0.241 e. The lowest BCUT2D eigenvalue weighted by Crippen LogP contribution is -2.16. The number of hydrogen-bond donors (Lipinski definition) is 3. The second-order valence-electron chi connectivity index (χ2n) is 5.16. The normalized spacial score (nSPS) is 11.6. The lowest BCUT2D eigenvalue weighted by molar-refractivity contribution is 0.488. The largest absolute Gasteiger partial charge is 0.374 e. The zero-order valence-corrected chi connectivity index (χ0v) is 17.5. The van der Waals surface area contributed by atoms with Crippen LogP contribution in [0.3, 0.4) is 0 Å². The molecule has 0 aliphatic heterocycles. The van der Waals surface area contributed by atoms with Crippen LogP contribution < -0.4 is 16.2 Å². The van der Waals surface area contributed by atoms with Gasteiger partial charge in [-0.1, -0.05) is 22.9 Å². The lowest BCUT2D eigenvalue weighted by atomic mass is 10.1. The van der Waals surface area contributed by atoms with Crippen molar-refractivity contribution in [1.82, 2.24) is 10.2 Å². The van der Waals surface area contributed by atoms with Gasteiger partial charge in [-0.2, -0.15) is 0 Å². The van der Waals surface area contributed by atoms with Crippen molar-refractivity contribution < 1.29 is 17.2 Å². The van der Waals surface area contributed by atoms with Crippen LogP contribution >= 0.6 is 45.5 Å². The van der Waals surface area contributed by atoms with Crippen LogP contribution in [0.25, 0.3) is 10.6 Å². The molecule has 0 bridgehead atoms. The zero-order valence-electron chi connectivity index (χ0n) is 13.0. The van der Waals surface area contributed by atoms with Gasteiger partial charge in [-0.3, -0.25) is 0 Å². The van der Waals surface area contributed by atoms with E-state index in [4.69, 9.17) is 22.5 Å². The van der Waals surface area contributed by atoms with Crippen LogP contribution in [0.15, 0.2) is 29.2 Å². The van der Waals surface area contributed by atoms with E-state index >= 15 is 0 Å². The van der Waals surface area contributed by atoms with Gasteiger partial charge in [0.2, 0.25) is 15.2 Å². The molecule has 0 atom stereocenters. The Labute approximate surface area is 174 Å². The maximum absolute atomic E-state index is 14.8. The number of nitrogens with zero attached hydrogens (tertiary/aromatic N) is 2. The van der Waals surface area contributed by atoms with Gasteiger partial charge in [-0.05, 0) is 46.9 Å². The van der Waals surface area contributed by atoms with Gasteiger partial charge in [-0.15, -0.1) is 10.2 Å².